The maximum Gasteiger partial charge on any atom is 0.261 e. The van der Waals surface area contributed by atoms with Gasteiger partial charge in [0.15, 0.2) is 0 Å². The number of hydrogen-bond donors (Lipinski definition) is 1. The largest absolute Gasteiger partial charge is 0.492 e. The number of nitrogens with zero attached hydrogens (tertiary/aromatic N) is 2. The fraction of sp³-hybridized carbons (Fsp3) is 0.409. The van der Waals surface area contributed by atoms with Crippen molar-refractivity contribution in [3.05, 3.63) is 42.0 Å². The number of carbonyl (C=O) groups excluding carboxylic acids is 1. The van der Waals surface area contributed by atoms with Crippen LogP contribution in [0.2, 0.25) is 0 Å². The fourth-order valence-corrected chi connectivity index (χ4v) is 6.55. The van der Waals surface area contributed by atoms with Crippen molar-refractivity contribution in [2.75, 3.05) is 35.9 Å². The monoisotopic (exact) mass is 495 g/mol. The van der Waals surface area contributed by atoms with E-state index in [0.717, 1.165) is 5.56 Å². The molecular weight excluding hydrogens is 466 g/mol. The van der Waals surface area contributed by atoms with E-state index in [9.17, 15) is 21.6 Å². The molecule has 33 heavy (non-hydrogen) atoms. The molecule has 1 N–H and O–H groups in total. The molecule has 0 saturated heterocycles. The van der Waals surface area contributed by atoms with E-state index in [0.29, 0.717) is 18.7 Å². The van der Waals surface area contributed by atoms with Crippen LogP contribution in [0.1, 0.15) is 33.3 Å². The first-order chi connectivity index (χ1) is 15.5. The van der Waals surface area contributed by atoms with E-state index in [-0.39, 0.29) is 46.8 Å². The summed E-state index contributed by atoms with van der Waals surface area (Å²) in [4.78, 5) is 13.3. The predicted molar refractivity (Wildman–Crippen MR) is 127 cm³/mol. The number of benzene rings is 2. The minimum atomic E-state index is -3.99. The first kappa shape index (κ1) is 25.0. The first-order valence-corrected chi connectivity index (χ1v) is 13.7. The molecule has 0 bridgehead atoms. The molecule has 9 nitrogen and oxygen atoms in total. The van der Waals surface area contributed by atoms with Crippen molar-refractivity contribution in [3.63, 3.8) is 0 Å². The number of sulfonamides is 2. The Morgan fingerprint density at radius 3 is 2.36 bits per heavy atom. The molecule has 1 heterocycles. The highest BCUT2D eigenvalue weighted by Gasteiger charge is 2.28. The normalized spacial score (nSPS) is 13.8. The molecule has 1 aliphatic rings. The van der Waals surface area contributed by atoms with Crippen LogP contribution in [0, 0.1) is 0 Å². The third-order valence-electron chi connectivity index (χ3n) is 5.46. The lowest BCUT2D eigenvalue weighted by Crippen LogP contribution is -2.31. The number of ether oxygens (including phenoxy) is 1. The summed E-state index contributed by atoms with van der Waals surface area (Å²) in [7, 11) is -7.88. The molecule has 0 spiro atoms. The summed E-state index contributed by atoms with van der Waals surface area (Å²) in [6, 6.07) is 8.79. The summed E-state index contributed by atoms with van der Waals surface area (Å²) in [5.41, 5.74) is 1.58. The number of rotatable bonds is 9. The molecule has 0 aromatic heterocycles. The molecule has 180 valence electrons. The summed E-state index contributed by atoms with van der Waals surface area (Å²) in [6.45, 7) is 7.98. The lowest BCUT2D eigenvalue weighted by Gasteiger charge is -2.21. The van der Waals surface area contributed by atoms with Crippen LogP contribution in [-0.4, -0.2) is 53.3 Å². The van der Waals surface area contributed by atoms with Crippen LogP contribution in [-0.2, 0) is 31.3 Å². The van der Waals surface area contributed by atoms with Gasteiger partial charge in [-0.2, -0.15) is 4.31 Å². The SMILES string of the molecule is CCOc1ccc(NS(=O)(=O)c2ccc3c(c2)CCN3C(C)=O)cc1S(=O)(=O)N(CC)CC. The number of fused-ring (bicyclic) bond motifs is 1. The van der Waals surface area contributed by atoms with E-state index in [1.165, 1.54) is 35.5 Å². The van der Waals surface area contributed by atoms with Gasteiger partial charge in [-0.15, -0.1) is 0 Å². The molecule has 2 aromatic rings. The highest BCUT2D eigenvalue weighted by molar-refractivity contribution is 7.92. The number of amides is 1. The Balaban J connectivity index is 1.97. The van der Waals surface area contributed by atoms with Crippen LogP contribution >= 0.6 is 0 Å². The topological polar surface area (TPSA) is 113 Å². The number of carbonyl (C=O) groups is 1. The maximum atomic E-state index is 13.1. The van der Waals surface area contributed by atoms with Crippen molar-refractivity contribution in [1.29, 1.82) is 0 Å². The summed E-state index contributed by atoms with van der Waals surface area (Å²) in [6.07, 6.45) is 0.563. The maximum absolute atomic E-state index is 13.1. The van der Waals surface area contributed by atoms with Crippen molar-refractivity contribution in [1.82, 2.24) is 4.31 Å². The molecule has 3 rings (SSSR count). The van der Waals surface area contributed by atoms with Crippen molar-refractivity contribution < 1.29 is 26.4 Å². The second kappa shape index (κ2) is 9.70. The van der Waals surface area contributed by atoms with Gasteiger partial charge in [0.2, 0.25) is 15.9 Å². The van der Waals surface area contributed by atoms with E-state index < -0.39 is 20.0 Å². The zero-order valence-electron chi connectivity index (χ0n) is 19.2. The van der Waals surface area contributed by atoms with E-state index in [1.807, 2.05) is 0 Å². The van der Waals surface area contributed by atoms with Crippen molar-refractivity contribution in [3.8, 4) is 5.75 Å². The van der Waals surface area contributed by atoms with Crippen LogP contribution in [0.15, 0.2) is 46.2 Å². The van der Waals surface area contributed by atoms with E-state index >= 15 is 0 Å². The number of anilines is 2. The average molecular weight is 496 g/mol. The molecule has 0 unspecified atom stereocenters. The molecule has 1 aliphatic heterocycles. The quantitative estimate of drug-likeness (QED) is 0.572. The molecule has 1 amide bonds. The van der Waals surface area contributed by atoms with Crippen molar-refractivity contribution >= 4 is 37.3 Å². The highest BCUT2D eigenvalue weighted by atomic mass is 32.2. The standard InChI is InChI=1S/C22H29N3O6S2/c1-5-24(6-2)33(29,30)22-15-18(8-11-21(22)31-7-3)23-32(27,28)19-9-10-20-17(14-19)12-13-25(20)16(4)26/h8-11,14-15,23H,5-7,12-13H2,1-4H3. The Kier molecular flexibility index (Phi) is 7.35. The summed E-state index contributed by atoms with van der Waals surface area (Å²) in [5, 5.41) is 0. The van der Waals surface area contributed by atoms with Gasteiger partial charge in [-0.3, -0.25) is 9.52 Å². The lowest BCUT2D eigenvalue weighted by molar-refractivity contribution is -0.116. The Bertz CT molecular complexity index is 1250. The average Bonchev–Trinajstić information content (AvgIpc) is 3.19. The number of nitrogens with one attached hydrogen (secondary N) is 1. The number of hydrogen-bond acceptors (Lipinski definition) is 6. The smallest absolute Gasteiger partial charge is 0.261 e. The van der Waals surface area contributed by atoms with Crippen LogP contribution < -0.4 is 14.4 Å². The second-order valence-corrected chi connectivity index (χ2v) is 11.1. The Labute approximate surface area is 195 Å². The molecule has 11 heteroatoms. The Morgan fingerprint density at radius 2 is 1.76 bits per heavy atom. The van der Waals surface area contributed by atoms with Crippen LogP contribution in [0.25, 0.3) is 0 Å². The Hall–Kier alpha value is -2.63. The highest BCUT2D eigenvalue weighted by Crippen LogP contribution is 2.33. The third-order valence-corrected chi connectivity index (χ3v) is 8.91. The zero-order valence-corrected chi connectivity index (χ0v) is 20.8. The minimum absolute atomic E-state index is 0.0358. The third kappa shape index (κ3) is 4.99. The summed E-state index contributed by atoms with van der Waals surface area (Å²) >= 11 is 0. The lowest BCUT2D eigenvalue weighted by atomic mass is 10.2. The minimum Gasteiger partial charge on any atom is -0.492 e. The van der Waals surface area contributed by atoms with Crippen LogP contribution in [0.4, 0.5) is 11.4 Å². The van der Waals surface area contributed by atoms with E-state index in [1.54, 1.807) is 37.8 Å². The zero-order chi connectivity index (χ0) is 24.4. The van der Waals surface area contributed by atoms with E-state index in [2.05, 4.69) is 4.72 Å². The van der Waals surface area contributed by atoms with Gasteiger partial charge in [-0.25, -0.2) is 16.8 Å². The van der Waals surface area contributed by atoms with Gasteiger partial charge in [-0.1, -0.05) is 13.8 Å². The van der Waals surface area contributed by atoms with Crippen molar-refractivity contribution in [2.45, 2.75) is 43.9 Å². The first-order valence-electron chi connectivity index (χ1n) is 10.8. The van der Waals surface area contributed by atoms with Gasteiger partial charge in [-0.05, 0) is 55.3 Å². The van der Waals surface area contributed by atoms with Gasteiger partial charge in [0.25, 0.3) is 10.0 Å². The van der Waals surface area contributed by atoms with Crippen LogP contribution in [0.5, 0.6) is 5.75 Å². The van der Waals surface area contributed by atoms with Crippen LogP contribution in [0.3, 0.4) is 0 Å². The van der Waals surface area contributed by atoms with Gasteiger partial charge in [0.1, 0.15) is 10.6 Å². The molecular formula is C22H29N3O6S2. The molecule has 2 aromatic carbocycles. The summed E-state index contributed by atoms with van der Waals surface area (Å²) < 4.78 is 61.6. The molecule has 0 fully saturated rings. The van der Waals surface area contributed by atoms with Crippen molar-refractivity contribution in [2.24, 2.45) is 0 Å². The molecule has 0 atom stereocenters. The molecule has 0 radical (unpaired) electrons. The summed E-state index contributed by atoms with van der Waals surface area (Å²) in [5.74, 6) is 0.0630. The Morgan fingerprint density at radius 1 is 1.06 bits per heavy atom. The van der Waals surface area contributed by atoms with E-state index in [4.69, 9.17) is 4.74 Å². The van der Waals surface area contributed by atoms with Gasteiger partial charge < -0.3 is 9.64 Å². The van der Waals surface area contributed by atoms with Gasteiger partial charge in [0.05, 0.1) is 17.2 Å². The van der Waals surface area contributed by atoms with Gasteiger partial charge in [0, 0.05) is 32.2 Å². The second-order valence-electron chi connectivity index (χ2n) is 7.50. The predicted octanol–water partition coefficient (Wildman–Crippen LogP) is 2.83. The fourth-order valence-electron chi connectivity index (χ4n) is 3.84. The molecule has 0 aliphatic carbocycles. The molecule has 0 saturated carbocycles. The van der Waals surface area contributed by atoms with Gasteiger partial charge >= 0.3 is 0 Å².